The molecule has 0 saturated heterocycles. The molecule has 16 heavy (non-hydrogen) atoms. The van der Waals surface area contributed by atoms with Crippen molar-refractivity contribution < 1.29 is 14.3 Å². The topological polar surface area (TPSA) is 74.4 Å². The second-order valence-corrected chi connectivity index (χ2v) is 3.93. The van der Waals surface area contributed by atoms with Crippen molar-refractivity contribution in [2.45, 2.75) is 19.4 Å². The Hall–Kier alpha value is -1.62. The number of methoxy groups -OCH3 is 1. The van der Waals surface area contributed by atoms with Crippen LogP contribution in [0, 0.1) is 0 Å². The van der Waals surface area contributed by atoms with E-state index in [0.29, 0.717) is 11.3 Å². The predicted octanol–water partition coefficient (Wildman–Crippen LogP) is 0.984. The van der Waals surface area contributed by atoms with E-state index >= 15 is 0 Å². The molecule has 0 spiro atoms. The summed E-state index contributed by atoms with van der Waals surface area (Å²) in [5.74, 6) is -0.0741. The summed E-state index contributed by atoms with van der Waals surface area (Å²) in [5, 5.41) is 0. The fourth-order valence-corrected chi connectivity index (χ4v) is 1.06. The second-order valence-electron chi connectivity index (χ2n) is 3.93. The van der Waals surface area contributed by atoms with Gasteiger partial charge in [0.15, 0.2) is 5.75 Å². The average molecular weight is 224 g/mol. The Labute approximate surface area is 94.6 Å². The number of carbonyl (C=O) groups excluding carboxylic acids is 1. The molecule has 1 aromatic heterocycles. The Kier molecular flexibility index (Phi) is 3.84. The van der Waals surface area contributed by atoms with Gasteiger partial charge in [-0.3, -0.25) is 4.98 Å². The normalized spacial score (nSPS) is 11.0. The van der Waals surface area contributed by atoms with E-state index in [4.69, 9.17) is 15.2 Å². The van der Waals surface area contributed by atoms with Crippen LogP contribution in [0.15, 0.2) is 18.5 Å². The highest BCUT2D eigenvalue weighted by molar-refractivity contribution is 5.92. The molecule has 0 aliphatic carbocycles. The molecule has 1 aromatic rings. The smallest absolute Gasteiger partial charge is 0.342 e. The Morgan fingerprint density at radius 2 is 2.25 bits per heavy atom. The van der Waals surface area contributed by atoms with Gasteiger partial charge in [-0.25, -0.2) is 4.79 Å². The van der Waals surface area contributed by atoms with E-state index in [1.807, 2.05) is 0 Å². The third-order valence-electron chi connectivity index (χ3n) is 2.08. The molecule has 0 unspecified atom stereocenters. The first-order valence-corrected chi connectivity index (χ1v) is 4.91. The van der Waals surface area contributed by atoms with Crippen LogP contribution in [0.3, 0.4) is 0 Å². The number of ether oxygens (including phenoxy) is 2. The van der Waals surface area contributed by atoms with E-state index in [2.05, 4.69) is 4.98 Å². The Balaban J connectivity index is 2.88. The van der Waals surface area contributed by atoms with Crippen molar-refractivity contribution in [1.82, 2.24) is 4.98 Å². The van der Waals surface area contributed by atoms with Gasteiger partial charge in [-0.1, -0.05) is 0 Å². The van der Waals surface area contributed by atoms with Gasteiger partial charge in [0.05, 0.1) is 13.3 Å². The van der Waals surface area contributed by atoms with Crippen LogP contribution in [0.4, 0.5) is 0 Å². The zero-order valence-corrected chi connectivity index (χ0v) is 9.69. The highest BCUT2D eigenvalue weighted by atomic mass is 16.6. The number of esters is 1. The van der Waals surface area contributed by atoms with Gasteiger partial charge in [0.1, 0.15) is 11.2 Å². The molecule has 0 aliphatic heterocycles. The fraction of sp³-hybridized carbons (Fsp3) is 0.455. The average Bonchev–Trinajstić information content (AvgIpc) is 2.28. The van der Waals surface area contributed by atoms with Crippen molar-refractivity contribution in [2.24, 2.45) is 5.73 Å². The maximum atomic E-state index is 11.8. The minimum Gasteiger partial charge on any atom is -0.494 e. The minimum absolute atomic E-state index is 0.256. The summed E-state index contributed by atoms with van der Waals surface area (Å²) in [6.45, 7) is 3.75. The van der Waals surface area contributed by atoms with Gasteiger partial charge < -0.3 is 15.2 Å². The molecule has 5 nitrogen and oxygen atoms in total. The third kappa shape index (κ3) is 2.93. The third-order valence-corrected chi connectivity index (χ3v) is 2.08. The van der Waals surface area contributed by atoms with Crippen LogP contribution in [-0.2, 0) is 4.74 Å². The number of aromatic nitrogens is 1. The standard InChI is InChI=1S/C11H16N2O3/c1-11(2,7-12)16-10(14)8-4-5-13-6-9(8)15-3/h4-6H,7,12H2,1-3H3. The first-order chi connectivity index (χ1) is 7.50. The monoisotopic (exact) mass is 224 g/mol. The highest BCUT2D eigenvalue weighted by Crippen LogP contribution is 2.19. The highest BCUT2D eigenvalue weighted by Gasteiger charge is 2.23. The first-order valence-electron chi connectivity index (χ1n) is 4.91. The van der Waals surface area contributed by atoms with E-state index < -0.39 is 11.6 Å². The number of nitrogens with zero attached hydrogens (tertiary/aromatic N) is 1. The Morgan fingerprint density at radius 1 is 1.56 bits per heavy atom. The van der Waals surface area contributed by atoms with Crippen molar-refractivity contribution in [3.63, 3.8) is 0 Å². The molecular weight excluding hydrogens is 208 g/mol. The zero-order chi connectivity index (χ0) is 12.2. The second kappa shape index (κ2) is 4.94. The number of hydrogen-bond acceptors (Lipinski definition) is 5. The summed E-state index contributed by atoms with van der Waals surface area (Å²) in [4.78, 5) is 15.7. The predicted molar refractivity (Wildman–Crippen MR) is 59.3 cm³/mol. The summed E-state index contributed by atoms with van der Waals surface area (Å²) in [6, 6.07) is 1.55. The summed E-state index contributed by atoms with van der Waals surface area (Å²) >= 11 is 0. The Morgan fingerprint density at radius 3 is 2.81 bits per heavy atom. The maximum absolute atomic E-state index is 11.8. The minimum atomic E-state index is -0.689. The molecule has 0 amide bonds. The van der Waals surface area contributed by atoms with Crippen LogP contribution >= 0.6 is 0 Å². The lowest BCUT2D eigenvalue weighted by Gasteiger charge is -2.23. The molecule has 2 N–H and O–H groups in total. The molecule has 1 rings (SSSR count). The number of pyridine rings is 1. The maximum Gasteiger partial charge on any atom is 0.342 e. The number of nitrogens with two attached hydrogens (primary N) is 1. The van der Waals surface area contributed by atoms with Gasteiger partial charge in [0.2, 0.25) is 0 Å². The largest absolute Gasteiger partial charge is 0.494 e. The van der Waals surface area contributed by atoms with E-state index in [9.17, 15) is 4.79 Å². The first kappa shape index (κ1) is 12.4. The lowest BCUT2D eigenvalue weighted by Crippen LogP contribution is -2.36. The lowest BCUT2D eigenvalue weighted by molar-refractivity contribution is 0.00261. The van der Waals surface area contributed by atoms with Gasteiger partial charge in [0.25, 0.3) is 0 Å². The van der Waals surface area contributed by atoms with Crippen LogP contribution < -0.4 is 10.5 Å². The molecule has 0 aromatic carbocycles. The summed E-state index contributed by atoms with van der Waals surface area (Å²) < 4.78 is 10.3. The van der Waals surface area contributed by atoms with E-state index in [1.165, 1.54) is 19.5 Å². The quantitative estimate of drug-likeness (QED) is 0.772. The van der Waals surface area contributed by atoms with Gasteiger partial charge in [-0.15, -0.1) is 0 Å². The van der Waals surface area contributed by atoms with Gasteiger partial charge in [-0.2, -0.15) is 0 Å². The van der Waals surface area contributed by atoms with Crippen molar-refractivity contribution in [2.75, 3.05) is 13.7 Å². The van der Waals surface area contributed by atoms with Crippen molar-refractivity contribution in [1.29, 1.82) is 0 Å². The van der Waals surface area contributed by atoms with Crippen molar-refractivity contribution in [3.8, 4) is 5.75 Å². The number of rotatable bonds is 4. The summed E-state index contributed by atoms with van der Waals surface area (Å²) in [5.41, 5.74) is 5.14. The molecule has 88 valence electrons. The molecular formula is C11H16N2O3. The van der Waals surface area contributed by atoms with E-state index in [0.717, 1.165) is 0 Å². The number of hydrogen-bond donors (Lipinski definition) is 1. The molecule has 0 fully saturated rings. The van der Waals surface area contributed by atoms with Crippen molar-refractivity contribution in [3.05, 3.63) is 24.0 Å². The Bertz CT molecular complexity index is 377. The van der Waals surface area contributed by atoms with E-state index in [-0.39, 0.29) is 6.54 Å². The van der Waals surface area contributed by atoms with Crippen LogP contribution in [-0.4, -0.2) is 30.2 Å². The van der Waals surface area contributed by atoms with Crippen LogP contribution in [0.2, 0.25) is 0 Å². The van der Waals surface area contributed by atoms with Crippen molar-refractivity contribution >= 4 is 5.97 Å². The lowest BCUT2D eigenvalue weighted by atomic mass is 10.1. The fourth-order valence-electron chi connectivity index (χ4n) is 1.06. The van der Waals surface area contributed by atoms with Crippen LogP contribution in [0.25, 0.3) is 0 Å². The molecule has 0 atom stereocenters. The number of carbonyl (C=O) groups is 1. The molecule has 0 bridgehead atoms. The molecule has 5 heteroatoms. The molecule has 0 saturated carbocycles. The van der Waals surface area contributed by atoms with Crippen LogP contribution in [0.5, 0.6) is 5.75 Å². The van der Waals surface area contributed by atoms with Gasteiger partial charge >= 0.3 is 5.97 Å². The zero-order valence-electron chi connectivity index (χ0n) is 9.69. The summed E-state index contributed by atoms with van der Waals surface area (Å²) in [6.07, 6.45) is 2.97. The van der Waals surface area contributed by atoms with Gasteiger partial charge in [-0.05, 0) is 19.9 Å². The SMILES string of the molecule is COc1cnccc1C(=O)OC(C)(C)CN. The summed E-state index contributed by atoms with van der Waals surface area (Å²) in [7, 11) is 1.47. The van der Waals surface area contributed by atoms with Crippen LogP contribution in [0.1, 0.15) is 24.2 Å². The molecule has 1 heterocycles. The molecule has 0 radical (unpaired) electrons. The molecule has 0 aliphatic rings. The van der Waals surface area contributed by atoms with Gasteiger partial charge in [0, 0.05) is 12.7 Å². The van der Waals surface area contributed by atoms with E-state index in [1.54, 1.807) is 19.9 Å².